The van der Waals surface area contributed by atoms with E-state index in [2.05, 4.69) is 9.97 Å². The first-order valence-electron chi connectivity index (χ1n) is 4.46. The van der Waals surface area contributed by atoms with Crippen LogP contribution in [0.2, 0.25) is 5.02 Å². The first kappa shape index (κ1) is 10.4. The predicted molar refractivity (Wildman–Crippen MR) is 63.3 cm³/mol. The van der Waals surface area contributed by atoms with Gasteiger partial charge in [-0.25, -0.2) is 9.97 Å². The summed E-state index contributed by atoms with van der Waals surface area (Å²) >= 11 is 7.47. The predicted octanol–water partition coefficient (Wildman–Crippen LogP) is 2.67. The van der Waals surface area contributed by atoms with Gasteiger partial charge in [0.2, 0.25) is 0 Å². The van der Waals surface area contributed by atoms with Crippen molar-refractivity contribution >= 4 is 28.8 Å². The lowest BCUT2D eigenvalue weighted by Crippen LogP contribution is -1.98. The molecule has 15 heavy (non-hydrogen) atoms. The molecule has 0 radical (unpaired) electrons. The third kappa shape index (κ3) is 2.46. The maximum Gasteiger partial charge on any atom is 0.127 e. The number of nitrogens with zero attached hydrogens (tertiary/aromatic N) is 2. The Bertz CT molecular complexity index is 481. The molecule has 0 aromatic carbocycles. The van der Waals surface area contributed by atoms with Gasteiger partial charge in [0.05, 0.1) is 10.0 Å². The topological polar surface area (TPSA) is 51.8 Å². The minimum Gasteiger partial charge on any atom is -0.383 e. The number of pyridine rings is 1. The minimum absolute atomic E-state index is 0.521. The average Bonchev–Trinajstić information content (AvgIpc) is 2.58. The third-order valence-electron chi connectivity index (χ3n) is 1.98. The molecule has 0 spiro atoms. The number of aromatic nitrogens is 2. The van der Waals surface area contributed by atoms with Crippen molar-refractivity contribution < 1.29 is 0 Å². The Hall–Kier alpha value is -1.13. The highest BCUT2D eigenvalue weighted by atomic mass is 35.5. The van der Waals surface area contributed by atoms with Gasteiger partial charge in [-0.1, -0.05) is 11.6 Å². The summed E-state index contributed by atoms with van der Waals surface area (Å²) in [5.41, 5.74) is 7.71. The number of hydrogen-bond acceptors (Lipinski definition) is 4. The Labute approximate surface area is 96.9 Å². The Morgan fingerprint density at radius 1 is 1.53 bits per heavy atom. The number of halogens is 1. The molecule has 5 heteroatoms. The van der Waals surface area contributed by atoms with Gasteiger partial charge in [-0.2, -0.15) is 0 Å². The van der Waals surface area contributed by atoms with Crippen molar-refractivity contribution in [2.75, 3.05) is 5.73 Å². The molecule has 0 aliphatic heterocycles. The third-order valence-corrected chi connectivity index (χ3v) is 3.15. The Morgan fingerprint density at radius 3 is 3.00 bits per heavy atom. The average molecular weight is 240 g/mol. The smallest absolute Gasteiger partial charge is 0.127 e. The van der Waals surface area contributed by atoms with Crippen LogP contribution in [0.4, 0.5) is 5.82 Å². The fourth-order valence-corrected chi connectivity index (χ4v) is 2.26. The normalized spacial score (nSPS) is 10.5. The maximum absolute atomic E-state index is 5.85. The summed E-state index contributed by atoms with van der Waals surface area (Å²) in [6.07, 6.45) is 2.24. The van der Waals surface area contributed by atoms with Crippen molar-refractivity contribution in [3.63, 3.8) is 0 Å². The number of anilines is 1. The van der Waals surface area contributed by atoms with E-state index in [4.69, 9.17) is 17.3 Å². The highest BCUT2D eigenvalue weighted by Crippen LogP contribution is 2.20. The van der Waals surface area contributed by atoms with Gasteiger partial charge < -0.3 is 5.73 Å². The van der Waals surface area contributed by atoms with Gasteiger partial charge in [-0.3, -0.25) is 0 Å². The second kappa shape index (κ2) is 4.16. The molecule has 0 unspecified atom stereocenters. The van der Waals surface area contributed by atoms with Crippen molar-refractivity contribution in [3.05, 3.63) is 38.9 Å². The molecule has 0 fully saturated rings. The van der Waals surface area contributed by atoms with Gasteiger partial charge in [0.25, 0.3) is 0 Å². The lowest BCUT2D eigenvalue weighted by atomic mass is 10.2. The monoisotopic (exact) mass is 239 g/mol. The van der Waals surface area contributed by atoms with Crippen LogP contribution in [0, 0.1) is 6.92 Å². The first-order chi connectivity index (χ1) is 7.15. The van der Waals surface area contributed by atoms with E-state index in [1.54, 1.807) is 17.5 Å². The number of rotatable bonds is 2. The van der Waals surface area contributed by atoms with Gasteiger partial charge >= 0.3 is 0 Å². The molecule has 2 aromatic rings. The molecule has 0 saturated carbocycles. The molecule has 2 aromatic heterocycles. The maximum atomic E-state index is 5.85. The summed E-state index contributed by atoms with van der Waals surface area (Å²) in [5.74, 6) is 0.521. The summed E-state index contributed by atoms with van der Waals surface area (Å²) in [7, 11) is 0. The number of hydrogen-bond donors (Lipinski definition) is 1. The van der Waals surface area contributed by atoms with E-state index < -0.39 is 0 Å². The number of nitrogens with two attached hydrogens (primary N) is 1. The molecule has 2 N–H and O–H groups in total. The highest BCUT2D eigenvalue weighted by molar-refractivity contribution is 7.09. The molecule has 2 rings (SSSR count). The van der Waals surface area contributed by atoms with Crippen LogP contribution in [0.5, 0.6) is 0 Å². The summed E-state index contributed by atoms with van der Waals surface area (Å²) in [6.45, 7) is 1.97. The summed E-state index contributed by atoms with van der Waals surface area (Å²) in [6, 6.07) is 1.83. The van der Waals surface area contributed by atoms with Crippen LogP contribution in [0.25, 0.3) is 0 Å². The zero-order chi connectivity index (χ0) is 10.8. The lowest BCUT2D eigenvalue weighted by molar-refractivity contribution is 1.09. The molecule has 0 bridgehead atoms. The van der Waals surface area contributed by atoms with Crippen molar-refractivity contribution in [2.24, 2.45) is 0 Å². The van der Waals surface area contributed by atoms with E-state index in [1.807, 2.05) is 18.4 Å². The summed E-state index contributed by atoms with van der Waals surface area (Å²) in [4.78, 5) is 8.37. The standard InChI is InChI=1S/C10H10ClN3S/c1-6-5-15-9(14-6)3-7-2-8(11)4-13-10(7)12/h2,4-5H,3H2,1H3,(H2,12,13). The molecule has 78 valence electrons. The second-order valence-corrected chi connectivity index (χ2v) is 4.64. The van der Waals surface area contributed by atoms with Crippen LogP contribution in [-0.4, -0.2) is 9.97 Å². The van der Waals surface area contributed by atoms with Crippen LogP contribution in [0.3, 0.4) is 0 Å². The van der Waals surface area contributed by atoms with E-state index in [1.165, 1.54) is 0 Å². The zero-order valence-corrected chi connectivity index (χ0v) is 9.77. The SMILES string of the molecule is Cc1csc(Cc2cc(Cl)cnc2N)n1. The second-order valence-electron chi connectivity index (χ2n) is 3.26. The molecular formula is C10H10ClN3S. The van der Waals surface area contributed by atoms with Gasteiger partial charge in [0, 0.05) is 29.3 Å². The fourth-order valence-electron chi connectivity index (χ4n) is 1.28. The van der Waals surface area contributed by atoms with E-state index in [0.717, 1.165) is 16.3 Å². The van der Waals surface area contributed by atoms with Crippen LogP contribution in [-0.2, 0) is 6.42 Å². The van der Waals surface area contributed by atoms with Crippen LogP contribution >= 0.6 is 22.9 Å². The van der Waals surface area contributed by atoms with Gasteiger partial charge in [-0.05, 0) is 13.0 Å². The molecule has 2 heterocycles. The molecule has 0 saturated heterocycles. The number of thiazole rings is 1. The van der Waals surface area contributed by atoms with Crippen LogP contribution < -0.4 is 5.73 Å². The summed E-state index contributed by atoms with van der Waals surface area (Å²) in [5, 5.41) is 3.65. The van der Waals surface area contributed by atoms with E-state index >= 15 is 0 Å². The molecular weight excluding hydrogens is 230 g/mol. The van der Waals surface area contributed by atoms with Crippen molar-refractivity contribution in [3.8, 4) is 0 Å². The van der Waals surface area contributed by atoms with Crippen LogP contribution in [0.1, 0.15) is 16.3 Å². The number of nitrogen functional groups attached to an aromatic ring is 1. The Balaban J connectivity index is 2.27. The van der Waals surface area contributed by atoms with Crippen molar-refractivity contribution in [2.45, 2.75) is 13.3 Å². The first-order valence-corrected chi connectivity index (χ1v) is 5.72. The van der Waals surface area contributed by atoms with Crippen LogP contribution in [0.15, 0.2) is 17.6 Å². The van der Waals surface area contributed by atoms with Gasteiger partial charge in [0.1, 0.15) is 5.82 Å². The number of aryl methyl sites for hydroxylation is 1. The Kier molecular flexibility index (Phi) is 2.88. The Morgan fingerprint density at radius 2 is 2.33 bits per heavy atom. The minimum atomic E-state index is 0.521. The molecule has 0 amide bonds. The largest absolute Gasteiger partial charge is 0.383 e. The van der Waals surface area contributed by atoms with E-state index in [-0.39, 0.29) is 0 Å². The van der Waals surface area contributed by atoms with Crippen molar-refractivity contribution in [1.82, 2.24) is 9.97 Å². The molecule has 0 atom stereocenters. The highest BCUT2D eigenvalue weighted by Gasteiger charge is 2.05. The fraction of sp³-hybridized carbons (Fsp3) is 0.200. The van der Waals surface area contributed by atoms with Gasteiger partial charge in [0.15, 0.2) is 0 Å². The zero-order valence-electron chi connectivity index (χ0n) is 8.20. The quantitative estimate of drug-likeness (QED) is 0.877. The molecule has 0 aliphatic rings. The van der Waals surface area contributed by atoms with Gasteiger partial charge in [-0.15, -0.1) is 11.3 Å². The lowest BCUT2D eigenvalue weighted by Gasteiger charge is -2.02. The summed E-state index contributed by atoms with van der Waals surface area (Å²) < 4.78 is 0. The molecule has 3 nitrogen and oxygen atoms in total. The van der Waals surface area contributed by atoms with E-state index in [0.29, 0.717) is 17.3 Å². The molecule has 0 aliphatic carbocycles. The van der Waals surface area contributed by atoms with Crippen molar-refractivity contribution in [1.29, 1.82) is 0 Å². The van der Waals surface area contributed by atoms with E-state index in [9.17, 15) is 0 Å².